The Morgan fingerprint density at radius 2 is 1.94 bits per heavy atom. The highest BCUT2D eigenvalue weighted by Gasteiger charge is 2.22. The highest BCUT2D eigenvalue weighted by atomic mass is 35.5. The summed E-state index contributed by atoms with van der Waals surface area (Å²) in [5.41, 5.74) is 3.65. The topological polar surface area (TPSA) is 51.4 Å². The number of piperazine rings is 1. The van der Waals surface area contributed by atoms with E-state index in [2.05, 4.69) is 39.2 Å². The molecule has 3 aromatic rings. The lowest BCUT2D eigenvalue weighted by molar-refractivity contribution is 0.0943. The zero-order valence-electron chi connectivity index (χ0n) is 18.4. The van der Waals surface area contributed by atoms with Crippen LogP contribution in [0.5, 0.6) is 0 Å². The molecule has 1 saturated heterocycles. The van der Waals surface area contributed by atoms with Gasteiger partial charge in [0.05, 0.1) is 10.7 Å². The summed E-state index contributed by atoms with van der Waals surface area (Å²) in [6.07, 6.45) is 0.236. The van der Waals surface area contributed by atoms with Crippen LogP contribution in [0, 0.1) is 0 Å². The number of anilines is 1. The van der Waals surface area contributed by atoms with E-state index in [1.54, 1.807) is 0 Å². The van der Waals surface area contributed by atoms with E-state index in [1.807, 2.05) is 36.4 Å². The molecule has 0 saturated carbocycles. The minimum absolute atomic E-state index is 0.201. The quantitative estimate of drug-likeness (QED) is 0.518. The van der Waals surface area contributed by atoms with E-state index < -0.39 is 6.17 Å². The Bertz CT molecular complexity index is 1030. The number of alkyl halides is 1. The van der Waals surface area contributed by atoms with E-state index in [-0.39, 0.29) is 5.91 Å². The number of para-hydroxylation sites is 1. The first-order chi connectivity index (χ1) is 15.5. The van der Waals surface area contributed by atoms with Crippen LogP contribution < -0.4 is 10.2 Å². The third kappa shape index (κ3) is 5.25. The van der Waals surface area contributed by atoms with Crippen molar-refractivity contribution < 1.29 is 9.18 Å². The zero-order valence-corrected chi connectivity index (χ0v) is 19.2. The molecule has 32 heavy (non-hydrogen) atoms. The van der Waals surface area contributed by atoms with E-state index in [4.69, 9.17) is 11.6 Å². The third-order valence-corrected chi connectivity index (χ3v) is 6.56. The van der Waals surface area contributed by atoms with Crippen molar-refractivity contribution in [1.29, 1.82) is 0 Å². The Morgan fingerprint density at radius 3 is 2.69 bits per heavy atom. The van der Waals surface area contributed by atoms with Gasteiger partial charge in [0, 0.05) is 50.2 Å². The molecule has 0 aliphatic carbocycles. The fourth-order valence-corrected chi connectivity index (χ4v) is 4.64. The standard InChI is InChI=1S/C25H30ClFN4O/c1-2-18-7-5-9-23(24(18)26)31-14-12-30(13-15-31)17-20(27)10-11-28-25(32)22-16-19-6-3-4-8-21(19)29-22/h3-9,16,20,29H,2,10-15,17H2,1H3,(H,28,32)/t20-/m0/s1. The molecule has 7 heteroatoms. The second kappa shape index (κ2) is 10.4. The molecular formula is C25H30ClFN4O. The first-order valence-electron chi connectivity index (χ1n) is 11.3. The SMILES string of the molecule is CCc1cccc(N2CCN(C[C@@H](F)CCNC(=O)c3cc4ccccc4[nH]3)CC2)c1Cl. The minimum atomic E-state index is -0.975. The van der Waals surface area contributed by atoms with Gasteiger partial charge in [0.25, 0.3) is 5.91 Å². The lowest BCUT2D eigenvalue weighted by atomic mass is 10.1. The van der Waals surface area contributed by atoms with Crippen LogP contribution in [0.25, 0.3) is 10.9 Å². The van der Waals surface area contributed by atoms with Crippen molar-refractivity contribution in [3.63, 3.8) is 0 Å². The number of nitrogens with one attached hydrogen (secondary N) is 2. The molecule has 2 N–H and O–H groups in total. The molecule has 1 aliphatic rings. The predicted octanol–water partition coefficient (Wildman–Crippen LogP) is 4.66. The smallest absolute Gasteiger partial charge is 0.267 e. The van der Waals surface area contributed by atoms with Gasteiger partial charge < -0.3 is 15.2 Å². The average molecular weight is 457 g/mol. The van der Waals surface area contributed by atoms with Gasteiger partial charge in [0.1, 0.15) is 11.9 Å². The number of amides is 1. The summed E-state index contributed by atoms with van der Waals surface area (Å²) in [6.45, 7) is 6.07. The number of nitrogens with zero attached hydrogens (tertiary/aromatic N) is 2. The molecule has 0 spiro atoms. The van der Waals surface area contributed by atoms with Crippen molar-refractivity contribution >= 4 is 34.1 Å². The number of carbonyl (C=O) groups is 1. The minimum Gasteiger partial charge on any atom is -0.368 e. The van der Waals surface area contributed by atoms with Gasteiger partial charge in [-0.25, -0.2) is 4.39 Å². The first kappa shape index (κ1) is 22.6. The van der Waals surface area contributed by atoms with Crippen molar-refractivity contribution in [3.8, 4) is 0 Å². The molecule has 170 valence electrons. The number of aromatic nitrogens is 1. The summed E-state index contributed by atoms with van der Waals surface area (Å²) in [4.78, 5) is 19.9. The largest absolute Gasteiger partial charge is 0.368 e. The number of aromatic amines is 1. The summed E-state index contributed by atoms with van der Waals surface area (Å²) >= 11 is 6.56. The second-order valence-corrected chi connectivity index (χ2v) is 8.68. The fraction of sp³-hybridized carbons (Fsp3) is 0.400. The molecule has 0 radical (unpaired) electrons. The molecule has 4 rings (SSSR count). The van der Waals surface area contributed by atoms with Crippen molar-refractivity contribution in [2.75, 3.05) is 44.2 Å². The Balaban J connectivity index is 1.20. The van der Waals surface area contributed by atoms with Gasteiger partial charge in [0.2, 0.25) is 0 Å². The van der Waals surface area contributed by atoms with Crippen LogP contribution in [0.3, 0.4) is 0 Å². The Labute approximate surface area is 193 Å². The highest BCUT2D eigenvalue weighted by Crippen LogP contribution is 2.30. The van der Waals surface area contributed by atoms with Crippen LogP contribution in [0.2, 0.25) is 5.02 Å². The maximum absolute atomic E-state index is 14.6. The predicted molar refractivity (Wildman–Crippen MR) is 130 cm³/mol. The number of hydrogen-bond donors (Lipinski definition) is 2. The van der Waals surface area contributed by atoms with Gasteiger partial charge >= 0.3 is 0 Å². The number of aryl methyl sites for hydroxylation is 1. The Morgan fingerprint density at radius 1 is 1.16 bits per heavy atom. The van der Waals surface area contributed by atoms with Crippen LogP contribution in [0.4, 0.5) is 10.1 Å². The number of carbonyl (C=O) groups excluding carboxylic acids is 1. The fourth-order valence-electron chi connectivity index (χ4n) is 4.26. The molecule has 0 bridgehead atoms. The summed E-state index contributed by atoms with van der Waals surface area (Å²) in [5, 5.41) is 4.64. The van der Waals surface area contributed by atoms with Gasteiger partial charge in [-0.3, -0.25) is 9.69 Å². The molecule has 1 atom stereocenters. The Kier molecular flexibility index (Phi) is 7.33. The summed E-state index contributed by atoms with van der Waals surface area (Å²) in [7, 11) is 0. The number of H-pyrrole nitrogens is 1. The van der Waals surface area contributed by atoms with Gasteiger partial charge in [0.15, 0.2) is 0 Å². The van der Waals surface area contributed by atoms with Crippen LogP contribution in [-0.2, 0) is 6.42 Å². The first-order valence-corrected chi connectivity index (χ1v) is 11.7. The second-order valence-electron chi connectivity index (χ2n) is 8.30. The molecule has 1 aromatic heterocycles. The van der Waals surface area contributed by atoms with Crippen molar-refractivity contribution in [1.82, 2.24) is 15.2 Å². The molecule has 2 heterocycles. The van der Waals surface area contributed by atoms with E-state index in [9.17, 15) is 9.18 Å². The molecule has 1 amide bonds. The van der Waals surface area contributed by atoms with Crippen molar-refractivity contribution in [2.45, 2.75) is 25.9 Å². The maximum Gasteiger partial charge on any atom is 0.267 e. The number of hydrogen-bond acceptors (Lipinski definition) is 3. The Hall–Kier alpha value is -2.57. The number of rotatable bonds is 8. The molecule has 2 aromatic carbocycles. The number of benzene rings is 2. The van der Waals surface area contributed by atoms with Gasteiger partial charge in [-0.1, -0.05) is 48.9 Å². The highest BCUT2D eigenvalue weighted by molar-refractivity contribution is 6.34. The number of fused-ring (bicyclic) bond motifs is 1. The lowest BCUT2D eigenvalue weighted by Crippen LogP contribution is -2.48. The molecule has 1 aliphatic heterocycles. The molecule has 0 unspecified atom stereocenters. The van der Waals surface area contributed by atoms with E-state index in [0.717, 1.165) is 59.8 Å². The van der Waals surface area contributed by atoms with E-state index >= 15 is 0 Å². The maximum atomic E-state index is 14.6. The van der Waals surface area contributed by atoms with Gasteiger partial charge in [-0.15, -0.1) is 0 Å². The monoisotopic (exact) mass is 456 g/mol. The van der Waals surface area contributed by atoms with Crippen LogP contribution in [-0.4, -0.2) is 61.2 Å². The van der Waals surface area contributed by atoms with Crippen LogP contribution in [0.15, 0.2) is 48.5 Å². The molecule has 1 fully saturated rings. The van der Waals surface area contributed by atoms with Crippen molar-refractivity contribution in [3.05, 3.63) is 64.8 Å². The zero-order chi connectivity index (χ0) is 22.5. The van der Waals surface area contributed by atoms with E-state index in [1.165, 1.54) is 0 Å². The normalized spacial score (nSPS) is 15.8. The van der Waals surface area contributed by atoms with Gasteiger partial charge in [-0.05, 0) is 36.6 Å². The lowest BCUT2D eigenvalue weighted by Gasteiger charge is -2.37. The third-order valence-electron chi connectivity index (χ3n) is 6.13. The summed E-state index contributed by atoms with van der Waals surface area (Å²) in [6, 6.07) is 15.7. The van der Waals surface area contributed by atoms with Crippen molar-refractivity contribution in [2.24, 2.45) is 0 Å². The molecular weight excluding hydrogens is 427 g/mol. The van der Waals surface area contributed by atoms with Crippen LogP contribution in [0.1, 0.15) is 29.4 Å². The summed E-state index contributed by atoms with van der Waals surface area (Å²) < 4.78 is 14.6. The van der Waals surface area contributed by atoms with Gasteiger partial charge in [-0.2, -0.15) is 0 Å². The molecule has 5 nitrogen and oxygen atoms in total. The summed E-state index contributed by atoms with van der Waals surface area (Å²) in [5.74, 6) is -0.201. The van der Waals surface area contributed by atoms with E-state index in [0.29, 0.717) is 25.2 Å². The number of halogens is 2. The average Bonchev–Trinajstić information content (AvgIpc) is 3.24. The van der Waals surface area contributed by atoms with Crippen LogP contribution >= 0.6 is 11.6 Å².